The van der Waals surface area contributed by atoms with Crippen LogP contribution in [0.25, 0.3) is 11.6 Å². The van der Waals surface area contributed by atoms with Crippen LogP contribution >= 0.6 is 0 Å². The molecule has 0 unspecified atom stereocenters. The van der Waals surface area contributed by atoms with Gasteiger partial charge in [-0.25, -0.2) is 14.4 Å². The van der Waals surface area contributed by atoms with Gasteiger partial charge in [-0.05, 0) is 48.4 Å². The van der Waals surface area contributed by atoms with Gasteiger partial charge in [-0.15, -0.1) is 0 Å². The number of aryl methyl sites for hydroxylation is 2. The predicted octanol–water partition coefficient (Wildman–Crippen LogP) is 3.82. The van der Waals surface area contributed by atoms with Crippen molar-refractivity contribution in [2.75, 3.05) is 28.6 Å². The number of fused-ring (bicyclic) bond motifs is 3. The molecule has 0 radical (unpaired) electrons. The van der Waals surface area contributed by atoms with E-state index in [9.17, 15) is 9.18 Å². The highest BCUT2D eigenvalue weighted by atomic mass is 19.1. The first kappa shape index (κ1) is 22.5. The van der Waals surface area contributed by atoms with Gasteiger partial charge in [-0.1, -0.05) is 6.07 Å². The Hall–Kier alpha value is -4.93. The van der Waals surface area contributed by atoms with Crippen LogP contribution in [0.4, 0.5) is 27.5 Å². The molecular weight excluding hydrogens is 473 g/mol. The maximum absolute atomic E-state index is 14.0. The van der Waals surface area contributed by atoms with Crippen LogP contribution in [0.1, 0.15) is 27.2 Å². The van der Waals surface area contributed by atoms with E-state index in [0.29, 0.717) is 24.7 Å². The summed E-state index contributed by atoms with van der Waals surface area (Å²) in [5.41, 5.74) is 4.73. The molecule has 0 fully saturated rings. The van der Waals surface area contributed by atoms with Gasteiger partial charge >= 0.3 is 0 Å². The Morgan fingerprint density at radius 3 is 2.84 bits per heavy atom. The van der Waals surface area contributed by atoms with Crippen LogP contribution in [-0.2, 0) is 7.05 Å². The lowest BCUT2D eigenvalue weighted by molar-refractivity contribution is 0.101. The van der Waals surface area contributed by atoms with Crippen molar-refractivity contribution in [3.8, 4) is 0 Å². The van der Waals surface area contributed by atoms with Crippen molar-refractivity contribution in [2.24, 2.45) is 12.0 Å². The average Bonchev–Trinajstić information content (AvgIpc) is 3.54. The number of nitrogens with one attached hydrogen (secondary N) is 2. The van der Waals surface area contributed by atoms with E-state index in [4.69, 9.17) is 9.98 Å². The summed E-state index contributed by atoms with van der Waals surface area (Å²) in [6.07, 6.45) is 8.73. The van der Waals surface area contributed by atoms with E-state index in [-0.39, 0.29) is 5.69 Å². The molecule has 1 amide bonds. The predicted molar refractivity (Wildman–Crippen MR) is 139 cm³/mol. The molecule has 0 spiro atoms. The standard InChI is InChI=1S/C26H22FN9O/c1-15-5-6-17(32-25(37)22-21(27)4-3-7-28-22)11-19(15)20-10-16-12-30-26(33-18-13-31-35(2)14-18)34-23(16)36-9-8-29-24(20)36/h3-7,10-14H,8-9H2,1-2H3,(H,32,37)(H,30,33,34). The Balaban J connectivity index is 1.34. The van der Waals surface area contributed by atoms with Crippen LogP contribution < -0.4 is 15.5 Å². The highest BCUT2D eigenvalue weighted by Gasteiger charge is 2.31. The molecule has 6 rings (SSSR count). The minimum Gasteiger partial charge on any atom is -0.321 e. The molecule has 0 saturated carbocycles. The van der Waals surface area contributed by atoms with E-state index in [0.717, 1.165) is 39.6 Å². The molecule has 2 aliphatic rings. The van der Waals surface area contributed by atoms with Gasteiger partial charge in [-0.2, -0.15) is 10.1 Å². The van der Waals surface area contributed by atoms with Gasteiger partial charge in [0.2, 0.25) is 5.95 Å². The maximum atomic E-state index is 14.0. The van der Waals surface area contributed by atoms with Crippen molar-refractivity contribution in [3.63, 3.8) is 0 Å². The first-order valence-corrected chi connectivity index (χ1v) is 11.7. The average molecular weight is 496 g/mol. The molecule has 0 saturated heterocycles. The van der Waals surface area contributed by atoms with E-state index >= 15 is 0 Å². The summed E-state index contributed by atoms with van der Waals surface area (Å²) >= 11 is 0. The third-order valence-electron chi connectivity index (χ3n) is 6.15. The third-order valence-corrected chi connectivity index (χ3v) is 6.15. The van der Waals surface area contributed by atoms with Crippen molar-refractivity contribution in [3.05, 3.63) is 83.3 Å². The van der Waals surface area contributed by atoms with E-state index in [2.05, 4.69) is 30.6 Å². The number of benzene rings is 1. The number of amidine groups is 1. The SMILES string of the molecule is Cc1ccc(NC(=O)c2ncccc2F)cc1C1=Cc2cnc(Nc3cnn(C)c3)nc2N2CCN=C12. The normalized spacial score (nSPS) is 14.0. The molecule has 2 aliphatic heterocycles. The molecule has 3 aromatic heterocycles. The van der Waals surface area contributed by atoms with Gasteiger partial charge in [0.15, 0.2) is 11.5 Å². The molecule has 10 nitrogen and oxygen atoms in total. The Labute approximate surface area is 211 Å². The molecule has 4 aromatic rings. The molecular formula is C26H22FN9O. The van der Waals surface area contributed by atoms with Gasteiger partial charge in [0.1, 0.15) is 11.7 Å². The number of hydrogen-bond donors (Lipinski definition) is 2. The number of rotatable bonds is 5. The molecule has 11 heteroatoms. The lowest BCUT2D eigenvalue weighted by Gasteiger charge is -2.28. The van der Waals surface area contributed by atoms with Crippen molar-refractivity contribution in [2.45, 2.75) is 6.92 Å². The molecule has 184 valence electrons. The van der Waals surface area contributed by atoms with E-state index < -0.39 is 11.7 Å². The van der Waals surface area contributed by atoms with Gasteiger partial charge in [0.05, 0.1) is 18.4 Å². The number of aliphatic imine (C=N–C) groups is 1. The Morgan fingerprint density at radius 2 is 2.03 bits per heavy atom. The minimum atomic E-state index is -0.674. The quantitative estimate of drug-likeness (QED) is 0.433. The first-order chi connectivity index (χ1) is 18.0. The first-order valence-electron chi connectivity index (χ1n) is 11.7. The topological polar surface area (TPSA) is 113 Å². The Bertz CT molecular complexity index is 1610. The van der Waals surface area contributed by atoms with Crippen LogP contribution in [0, 0.1) is 12.7 Å². The fourth-order valence-corrected chi connectivity index (χ4v) is 4.41. The van der Waals surface area contributed by atoms with E-state index in [1.807, 2.05) is 38.4 Å². The zero-order valence-electron chi connectivity index (χ0n) is 20.1. The number of pyridine rings is 1. The van der Waals surface area contributed by atoms with E-state index in [1.54, 1.807) is 23.1 Å². The lowest BCUT2D eigenvalue weighted by Crippen LogP contribution is -2.32. The summed E-state index contributed by atoms with van der Waals surface area (Å²) in [6, 6.07) is 8.21. The van der Waals surface area contributed by atoms with Gasteiger partial charge in [0.25, 0.3) is 5.91 Å². The maximum Gasteiger partial charge on any atom is 0.277 e. The number of carbonyl (C=O) groups is 1. The summed E-state index contributed by atoms with van der Waals surface area (Å²) in [5.74, 6) is 0.762. The van der Waals surface area contributed by atoms with Crippen LogP contribution in [0.5, 0.6) is 0 Å². The molecule has 0 bridgehead atoms. The summed E-state index contributed by atoms with van der Waals surface area (Å²) in [6.45, 7) is 3.32. The summed E-state index contributed by atoms with van der Waals surface area (Å²) in [5, 5.41) is 10.1. The largest absolute Gasteiger partial charge is 0.321 e. The second-order valence-corrected chi connectivity index (χ2v) is 8.73. The molecule has 0 aliphatic carbocycles. The van der Waals surface area contributed by atoms with Gasteiger partial charge in [0, 0.05) is 49.0 Å². The summed E-state index contributed by atoms with van der Waals surface area (Å²) in [7, 11) is 1.84. The van der Waals surface area contributed by atoms with Crippen molar-refractivity contribution >= 4 is 46.5 Å². The summed E-state index contributed by atoms with van der Waals surface area (Å²) < 4.78 is 15.7. The molecule has 5 heterocycles. The van der Waals surface area contributed by atoms with Crippen molar-refractivity contribution < 1.29 is 9.18 Å². The van der Waals surface area contributed by atoms with Gasteiger partial charge < -0.3 is 15.5 Å². The fourth-order valence-electron chi connectivity index (χ4n) is 4.41. The Kier molecular flexibility index (Phi) is 5.44. The molecule has 2 N–H and O–H groups in total. The van der Waals surface area contributed by atoms with Crippen LogP contribution in [0.3, 0.4) is 0 Å². The van der Waals surface area contributed by atoms with Crippen molar-refractivity contribution in [1.29, 1.82) is 0 Å². The lowest BCUT2D eigenvalue weighted by atomic mass is 9.94. The number of anilines is 4. The number of nitrogens with zero attached hydrogens (tertiary/aromatic N) is 7. The van der Waals surface area contributed by atoms with Crippen molar-refractivity contribution in [1.82, 2.24) is 24.7 Å². The minimum absolute atomic E-state index is 0.255. The highest BCUT2D eigenvalue weighted by Crippen LogP contribution is 2.37. The van der Waals surface area contributed by atoms with Crippen LogP contribution in [0.15, 0.2) is 60.1 Å². The number of carbonyl (C=O) groups excluding carboxylic acids is 1. The highest BCUT2D eigenvalue weighted by molar-refractivity contribution is 6.36. The van der Waals surface area contributed by atoms with E-state index in [1.165, 1.54) is 18.3 Å². The zero-order valence-corrected chi connectivity index (χ0v) is 20.1. The van der Waals surface area contributed by atoms with Crippen LogP contribution in [0.2, 0.25) is 0 Å². The molecule has 1 aromatic carbocycles. The van der Waals surface area contributed by atoms with Crippen LogP contribution in [-0.4, -0.2) is 49.6 Å². The monoisotopic (exact) mass is 495 g/mol. The third kappa shape index (κ3) is 4.20. The zero-order chi connectivity index (χ0) is 25.5. The Morgan fingerprint density at radius 1 is 1.14 bits per heavy atom. The number of hydrogen-bond acceptors (Lipinski definition) is 8. The number of amides is 1. The second kappa shape index (κ2) is 8.94. The molecule has 37 heavy (non-hydrogen) atoms. The smallest absolute Gasteiger partial charge is 0.277 e. The number of aromatic nitrogens is 5. The molecule has 0 atom stereocenters. The number of halogens is 1. The fraction of sp³-hybridized carbons (Fsp3) is 0.154. The van der Waals surface area contributed by atoms with Gasteiger partial charge in [-0.3, -0.25) is 14.5 Å². The summed E-state index contributed by atoms with van der Waals surface area (Å²) in [4.78, 5) is 32.6. The second-order valence-electron chi connectivity index (χ2n) is 8.73.